The molecule has 3 aromatic rings. The predicted molar refractivity (Wildman–Crippen MR) is 130 cm³/mol. The van der Waals surface area contributed by atoms with Crippen LogP contribution >= 0.6 is 0 Å². The van der Waals surface area contributed by atoms with Gasteiger partial charge in [0.15, 0.2) is 0 Å². The summed E-state index contributed by atoms with van der Waals surface area (Å²) in [6.45, 7) is 8.18. The van der Waals surface area contributed by atoms with Crippen molar-refractivity contribution in [3.8, 4) is 23.2 Å². The second kappa shape index (κ2) is 10.0. The number of methoxy groups -OCH3 is 1. The third-order valence-corrected chi connectivity index (χ3v) is 5.89. The van der Waals surface area contributed by atoms with Gasteiger partial charge in [0.2, 0.25) is 0 Å². The lowest BCUT2D eigenvalue weighted by Gasteiger charge is -2.29. The van der Waals surface area contributed by atoms with E-state index in [9.17, 15) is 10.1 Å². The van der Waals surface area contributed by atoms with E-state index in [1.807, 2.05) is 31.2 Å². The van der Waals surface area contributed by atoms with E-state index in [0.29, 0.717) is 41.7 Å². The number of nitriles is 1. The molecule has 1 amide bonds. The number of benzene rings is 1. The summed E-state index contributed by atoms with van der Waals surface area (Å²) in [4.78, 5) is 15.1. The average Bonchev–Trinajstić information content (AvgIpc) is 2.90. The molecule has 0 unspecified atom stereocenters. The molecule has 1 fully saturated rings. The van der Waals surface area contributed by atoms with E-state index in [4.69, 9.17) is 9.47 Å². The third-order valence-electron chi connectivity index (χ3n) is 5.89. The maximum absolute atomic E-state index is 12.9. The number of hydrogen-bond acceptors (Lipinski definition) is 9. The number of hydrogen-bond donors (Lipinski definition) is 1. The Kier molecular flexibility index (Phi) is 6.89. The molecule has 0 aliphatic carbocycles. The number of ether oxygens (including phenoxy) is 2. The minimum atomic E-state index is -0.856. The van der Waals surface area contributed by atoms with E-state index in [1.165, 1.54) is 6.20 Å². The quantitative estimate of drug-likeness (QED) is 0.574. The van der Waals surface area contributed by atoms with Crippen molar-refractivity contribution in [3.05, 3.63) is 53.3 Å². The molecule has 2 aromatic heterocycles. The molecule has 3 heterocycles. The van der Waals surface area contributed by atoms with E-state index >= 15 is 0 Å². The topological polar surface area (TPSA) is 126 Å². The van der Waals surface area contributed by atoms with E-state index in [0.717, 1.165) is 29.9 Å². The fourth-order valence-electron chi connectivity index (χ4n) is 3.71. The summed E-state index contributed by atoms with van der Waals surface area (Å²) < 4.78 is 10.9. The third kappa shape index (κ3) is 5.20. The summed E-state index contributed by atoms with van der Waals surface area (Å²) in [5, 5.41) is 28.8. The first kappa shape index (κ1) is 24.0. The summed E-state index contributed by atoms with van der Waals surface area (Å²) in [6, 6.07) is 11.3. The van der Waals surface area contributed by atoms with Crippen LogP contribution in [0.2, 0.25) is 0 Å². The van der Waals surface area contributed by atoms with E-state index in [-0.39, 0.29) is 5.91 Å². The molecule has 1 N–H and O–H groups in total. The van der Waals surface area contributed by atoms with Crippen LogP contribution in [0.3, 0.4) is 0 Å². The Bertz CT molecular complexity index is 1280. The first-order chi connectivity index (χ1) is 16.8. The van der Waals surface area contributed by atoms with Crippen LogP contribution in [0.5, 0.6) is 5.88 Å². The van der Waals surface area contributed by atoms with Crippen LogP contribution in [-0.4, -0.2) is 59.7 Å². The monoisotopic (exact) mass is 473 g/mol. The van der Waals surface area contributed by atoms with E-state index in [1.54, 1.807) is 27.0 Å². The Hall–Kier alpha value is -4.10. The van der Waals surface area contributed by atoms with Gasteiger partial charge in [0.05, 0.1) is 55.0 Å². The summed E-state index contributed by atoms with van der Waals surface area (Å²) in [5.74, 6) is 0.110. The SMILES string of the molecule is COc1nnc(-c2cc(NC(=O)c3cnnc(C(C)(C)C#N)c3)ccc2C)cc1N1CCOCC1. The molecule has 1 saturated heterocycles. The molecule has 1 aliphatic rings. The zero-order valence-corrected chi connectivity index (χ0v) is 20.2. The Morgan fingerprint density at radius 3 is 2.66 bits per heavy atom. The smallest absolute Gasteiger partial charge is 0.257 e. The number of rotatable bonds is 6. The van der Waals surface area contributed by atoms with Crippen molar-refractivity contribution in [2.45, 2.75) is 26.2 Å². The van der Waals surface area contributed by atoms with Crippen LogP contribution in [0.1, 0.15) is 35.5 Å². The Balaban J connectivity index is 1.62. The Morgan fingerprint density at radius 1 is 1.17 bits per heavy atom. The molecule has 0 atom stereocenters. The van der Waals surface area contributed by atoms with Crippen LogP contribution in [0.15, 0.2) is 36.5 Å². The number of morpholine rings is 1. The van der Waals surface area contributed by atoms with Gasteiger partial charge in [-0.15, -0.1) is 10.2 Å². The highest BCUT2D eigenvalue weighted by atomic mass is 16.5. The molecular weight excluding hydrogens is 446 g/mol. The van der Waals surface area contributed by atoms with Gasteiger partial charge in [0, 0.05) is 24.3 Å². The minimum absolute atomic E-state index is 0.319. The maximum atomic E-state index is 12.9. The van der Waals surface area contributed by atoms with Crippen LogP contribution in [0.25, 0.3) is 11.3 Å². The van der Waals surface area contributed by atoms with Crippen molar-refractivity contribution < 1.29 is 14.3 Å². The fraction of sp³-hybridized carbons (Fsp3) is 0.360. The number of anilines is 2. The molecule has 10 heteroatoms. The highest BCUT2D eigenvalue weighted by Crippen LogP contribution is 2.32. The van der Waals surface area contributed by atoms with Crippen LogP contribution in [-0.2, 0) is 10.2 Å². The van der Waals surface area contributed by atoms with Gasteiger partial charge in [-0.25, -0.2) is 0 Å². The van der Waals surface area contributed by atoms with Gasteiger partial charge in [0.1, 0.15) is 5.69 Å². The molecule has 0 bridgehead atoms. The summed E-state index contributed by atoms with van der Waals surface area (Å²) >= 11 is 0. The zero-order valence-electron chi connectivity index (χ0n) is 20.2. The number of aryl methyl sites for hydroxylation is 1. The molecule has 0 radical (unpaired) electrons. The molecule has 180 valence electrons. The molecular formula is C25H27N7O3. The molecule has 1 aromatic carbocycles. The van der Waals surface area contributed by atoms with Crippen LogP contribution in [0.4, 0.5) is 11.4 Å². The molecule has 0 spiro atoms. The first-order valence-corrected chi connectivity index (χ1v) is 11.2. The number of carbonyl (C=O) groups is 1. The number of nitrogens with zero attached hydrogens (tertiary/aromatic N) is 6. The van der Waals surface area contributed by atoms with E-state index in [2.05, 4.69) is 36.7 Å². The molecule has 35 heavy (non-hydrogen) atoms. The van der Waals surface area contributed by atoms with Gasteiger partial charge in [-0.3, -0.25) is 4.79 Å². The number of amides is 1. The summed E-state index contributed by atoms with van der Waals surface area (Å²) in [7, 11) is 1.58. The van der Waals surface area contributed by atoms with Crippen molar-refractivity contribution in [1.82, 2.24) is 20.4 Å². The van der Waals surface area contributed by atoms with Gasteiger partial charge >= 0.3 is 0 Å². The molecule has 1 aliphatic heterocycles. The van der Waals surface area contributed by atoms with Crippen LogP contribution in [0, 0.1) is 18.3 Å². The second-order valence-electron chi connectivity index (χ2n) is 8.77. The van der Waals surface area contributed by atoms with Gasteiger partial charge in [-0.05, 0) is 50.6 Å². The first-order valence-electron chi connectivity index (χ1n) is 11.2. The number of nitrogens with one attached hydrogen (secondary N) is 1. The Labute approximate surface area is 203 Å². The summed E-state index contributed by atoms with van der Waals surface area (Å²) in [5.41, 5.74) is 3.84. The average molecular weight is 474 g/mol. The zero-order chi connectivity index (χ0) is 25.0. The number of carbonyl (C=O) groups excluding carboxylic acids is 1. The highest BCUT2D eigenvalue weighted by molar-refractivity contribution is 6.04. The fourth-order valence-corrected chi connectivity index (χ4v) is 3.71. The second-order valence-corrected chi connectivity index (χ2v) is 8.77. The normalized spacial score (nSPS) is 13.7. The standard InChI is InChI=1S/C25H27N7O3/c1-16-5-6-18(28-23(33)17-11-22(30-27-14-17)25(2,3)15-26)12-19(16)20-13-21(24(34-4)31-29-20)32-7-9-35-10-8-32/h5-6,11-14H,7-10H2,1-4H3,(H,28,33). The van der Waals surface area contributed by atoms with Crippen molar-refractivity contribution in [2.24, 2.45) is 0 Å². The Morgan fingerprint density at radius 2 is 1.94 bits per heavy atom. The summed E-state index contributed by atoms with van der Waals surface area (Å²) in [6.07, 6.45) is 1.38. The molecule has 10 nitrogen and oxygen atoms in total. The predicted octanol–water partition coefficient (Wildman–Crippen LogP) is 3.14. The van der Waals surface area contributed by atoms with Crippen molar-refractivity contribution in [1.29, 1.82) is 5.26 Å². The van der Waals surface area contributed by atoms with Gasteiger partial charge < -0.3 is 19.7 Å². The van der Waals surface area contributed by atoms with Gasteiger partial charge in [0.25, 0.3) is 11.8 Å². The lowest BCUT2D eigenvalue weighted by atomic mass is 9.90. The number of aromatic nitrogens is 4. The largest absolute Gasteiger partial charge is 0.478 e. The van der Waals surface area contributed by atoms with Gasteiger partial charge in [-0.1, -0.05) is 6.07 Å². The lowest BCUT2D eigenvalue weighted by molar-refractivity contribution is 0.102. The van der Waals surface area contributed by atoms with Crippen molar-refractivity contribution in [2.75, 3.05) is 43.6 Å². The maximum Gasteiger partial charge on any atom is 0.257 e. The minimum Gasteiger partial charge on any atom is -0.478 e. The van der Waals surface area contributed by atoms with Crippen molar-refractivity contribution >= 4 is 17.3 Å². The highest BCUT2D eigenvalue weighted by Gasteiger charge is 2.24. The van der Waals surface area contributed by atoms with Crippen LogP contribution < -0.4 is 15.0 Å². The molecule has 4 rings (SSSR count). The van der Waals surface area contributed by atoms with E-state index < -0.39 is 5.41 Å². The molecule has 0 saturated carbocycles. The van der Waals surface area contributed by atoms with Gasteiger partial charge in [-0.2, -0.15) is 15.5 Å². The van der Waals surface area contributed by atoms with Crippen molar-refractivity contribution in [3.63, 3.8) is 0 Å². The lowest BCUT2D eigenvalue weighted by Crippen LogP contribution is -2.36.